The summed E-state index contributed by atoms with van der Waals surface area (Å²) in [5, 5.41) is 7.98. The summed E-state index contributed by atoms with van der Waals surface area (Å²) in [5.74, 6) is -0.474. The molecule has 3 heterocycles. The van der Waals surface area contributed by atoms with Gasteiger partial charge in [-0.3, -0.25) is 4.79 Å². The number of ether oxygens (including phenoxy) is 1. The first-order valence-corrected chi connectivity index (χ1v) is 14.3. The number of nitrogen functional groups attached to an aromatic ring is 1. The number of amides is 2. The lowest BCUT2D eigenvalue weighted by Gasteiger charge is -2.34. The lowest BCUT2D eigenvalue weighted by Crippen LogP contribution is -2.43. The minimum Gasteiger partial charge on any atom is -0.444 e. The molecule has 5 rings (SSSR count). The standard InChI is InChI=1S/C30H31ClF3N7O3/c1-29(2,3)44-28(43)40-12-4-5-20(15-40)41-26-23(25(35)37-16-38-26)24(39-41)18-8-6-17(7-9-18)14-36-27(42)21-13-19(30(32,33)34)10-11-22(21)31/h6-11,13,16,20H,4-5,12,14-15H2,1-3H3,(H,36,42)(H2,35,37,38)/t20-/m1/s1. The van der Waals surface area contributed by atoms with E-state index in [2.05, 4.69) is 15.3 Å². The van der Waals surface area contributed by atoms with E-state index in [4.69, 9.17) is 27.2 Å². The Morgan fingerprint density at radius 3 is 2.52 bits per heavy atom. The van der Waals surface area contributed by atoms with E-state index in [0.29, 0.717) is 40.9 Å². The lowest BCUT2D eigenvalue weighted by molar-refractivity contribution is -0.137. The van der Waals surface area contributed by atoms with Crippen LogP contribution < -0.4 is 11.1 Å². The van der Waals surface area contributed by atoms with Gasteiger partial charge in [0.2, 0.25) is 0 Å². The first kappa shape index (κ1) is 31.0. The van der Waals surface area contributed by atoms with Crippen molar-refractivity contribution in [2.45, 2.75) is 58.0 Å². The van der Waals surface area contributed by atoms with Crippen LogP contribution in [0.3, 0.4) is 0 Å². The van der Waals surface area contributed by atoms with Gasteiger partial charge in [0.1, 0.15) is 23.4 Å². The Morgan fingerprint density at radius 1 is 1.11 bits per heavy atom. The number of benzene rings is 2. The number of nitrogens with zero attached hydrogens (tertiary/aromatic N) is 5. The van der Waals surface area contributed by atoms with Gasteiger partial charge in [-0.15, -0.1) is 0 Å². The Balaban J connectivity index is 1.35. The fraction of sp³-hybridized carbons (Fsp3) is 0.367. The second-order valence-corrected chi connectivity index (χ2v) is 12.0. The SMILES string of the molecule is CC(C)(C)OC(=O)N1CCC[C@@H](n2nc(-c3ccc(CNC(=O)c4cc(C(F)(F)F)ccc4Cl)cc3)c3c(N)ncnc32)C1. The van der Waals surface area contributed by atoms with E-state index in [9.17, 15) is 22.8 Å². The highest BCUT2D eigenvalue weighted by Gasteiger charge is 2.32. The molecule has 0 bridgehead atoms. The van der Waals surface area contributed by atoms with Crippen LogP contribution in [0, 0.1) is 0 Å². The van der Waals surface area contributed by atoms with E-state index in [1.807, 2.05) is 20.8 Å². The van der Waals surface area contributed by atoms with E-state index in [1.54, 1.807) is 33.8 Å². The first-order chi connectivity index (χ1) is 20.7. The molecule has 1 aliphatic rings. The quantitative estimate of drug-likeness (QED) is 0.267. The number of likely N-dealkylation sites (tertiary alicyclic amines) is 1. The predicted molar refractivity (Wildman–Crippen MR) is 159 cm³/mol. The summed E-state index contributed by atoms with van der Waals surface area (Å²) in [6, 6.07) is 9.56. The van der Waals surface area contributed by atoms with Gasteiger partial charge in [0.15, 0.2) is 5.65 Å². The van der Waals surface area contributed by atoms with Crippen LogP contribution in [0.4, 0.5) is 23.8 Å². The summed E-state index contributed by atoms with van der Waals surface area (Å²) < 4.78 is 46.7. The molecule has 1 saturated heterocycles. The third kappa shape index (κ3) is 6.72. The molecule has 1 fully saturated rings. The number of hydrogen-bond acceptors (Lipinski definition) is 7. The first-order valence-electron chi connectivity index (χ1n) is 13.9. The third-order valence-electron chi connectivity index (χ3n) is 7.13. The van der Waals surface area contributed by atoms with Crippen molar-refractivity contribution < 1.29 is 27.5 Å². The number of carbonyl (C=O) groups excluding carboxylic acids is 2. The maximum atomic E-state index is 13.1. The fourth-order valence-electron chi connectivity index (χ4n) is 5.03. The molecule has 0 saturated carbocycles. The largest absolute Gasteiger partial charge is 0.444 e. The summed E-state index contributed by atoms with van der Waals surface area (Å²) in [5.41, 5.74) is 6.94. The molecule has 0 unspecified atom stereocenters. The topological polar surface area (TPSA) is 128 Å². The maximum Gasteiger partial charge on any atom is 0.416 e. The Bertz CT molecular complexity index is 1700. The van der Waals surface area contributed by atoms with Crippen LogP contribution in [0.15, 0.2) is 48.8 Å². The number of fused-ring (bicyclic) bond motifs is 1. The highest BCUT2D eigenvalue weighted by Crippen LogP contribution is 2.35. The number of carbonyl (C=O) groups is 2. The summed E-state index contributed by atoms with van der Waals surface area (Å²) in [6.07, 6.45) is -2.08. The van der Waals surface area contributed by atoms with Crippen LogP contribution in [0.1, 0.15) is 61.1 Å². The smallest absolute Gasteiger partial charge is 0.416 e. The number of nitrogens with two attached hydrogens (primary N) is 1. The van der Waals surface area contributed by atoms with E-state index in [-0.39, 0.29) is 35.1 Å². The van der Waals surface area contributed by atoms with Crippen molar-refractivity contribution >= 4 is 40.5 Å². The van der Waals surface area contributed by atoms with Crippen molar-refractivity contribution in [1.82, 2.24) is 30.0 Å². The number of piperidine rings is 1. The highest BCUT2D eigenvalue weighted by molar-refractivity contribution is 6.33. The molecule has 1 aliphatic heterocycles. The van der Waals surface area contributed by atoms with Gasteiger partial charge < -0.3 is 20.7 Å². The van der Waals surface area contributed by atoms with Crippen molar-refractivity contribution in [3.05, 3.63) is 70.5 Å². The van der Waals surface area contributed by atoms with Crippen LogP contribution >= 0.6 is 11.6 Å². The second kappa shape index (κ2) is 11.9. The molecular weight excluding hydrogens is 599 g/mol. The zero-order chi connectivity index (χ0) is 31.8. The van der Waals surface area contributed by atoms with Crippen molar-refractivity contribution in [1.29, 1.82) is 0 Å². The van der Waals surface area contributed by atoms with E-state index < -0.39 is 23.2 Å². The van der Waals surface area contributed by atoms with Crippen LogP contribution in [0.25, 0.3) is 22.3 Å². The van der Waals surface area contributed by atoms with Crippen molar-refractivity contribution in [3.8, 4) is 11.3 Å². The van der Waals surface area contributed by atoms with E-state index in [1.165, 1.54) is 6.33 Å². The van der Waals surface area contributed by atoms with Crippen LogP contribution in [-0.2, 0) is 17.5 Å². The summed E-state index contributed by atoms with van der Waals surface area (Å²) in [7, 11) is 0. The average molecular weight is 630 g/mol. The molecule has 0 radical (unpaired) electrons. The summed E-state index contributed by atoms with van der Waals surface area (Å²) >= 11 is 6.00. The molecule has 14 heteroatoms. The van der Waals surface area contributed by atoms with Crippen molar-refractivity contribution in [3.63, 3.8) is 0 Å². The Hall–Kier alpha value is -4.39. The van der Waals surface area contributed by atoms with Gasteiger partial charge in [-0.2, -0.15) is 18.3 Å². The lowest BCUT2D eigenvalue weighted by atomic mass is 10.1. The molecule has 10 nitrogen and oxygen atoms in total. The minimum atomic E-state index is -4.60. The molecule has 232 valence electrons. The molecule has 2 aromatic carbocycles. The van der Waals surface area contributed by atoms with Gasteiger partial charge in [-0.1, -0.05) is 35.9 Å². The number of halogens is 4. The zero-order valence-electron chi connectivity index (χ0n) is 24.3. The maximum absolute atomic E-state index is 13.1. The van der Waals surface area contributed by atoms with E-state index in [0.717, 1.165) is 31.0 Å². The molecule has 2 aromatic heterocycles. The van der Waals surface area contributed by atoms with Gasteiger partial charge in [-0.05, 0) is 57.4 Å². The van der Waals surface area contributed by atoms with Crippen LogP contribution in [0.2, 0.25) is 5.02 Å². The Morgan fingerprint density at radius 2 is 1.84 bits per heavy atom. The molecule has 2 amide bonds. The van der Waals surface area contributed by atoms with E-state index >= 15 is 0 Å². The molecule has 0 spiro atoms. The molecule has 4 aromatic rings. The van der Waals surface area contributed by atoms with Crippen molar-refractivity contribution in [2.75, 3.05) is 18.8 Å². The van der Waals surface area contributed by atoms with Crippen molar-refractivity contribution in [2.24, 2.45) is 0 Å². The van der Waals surface area contributed by atoms with Crippen LogP contribution in [-0.4, -0.2) is 55.3 Å². The van der Waals surface area contributed by atoms with Gasteiger partial charge in [-0.25, -0.2) is 19.4 Å². The molecular formula is C30H31ClF3N7O3. The summed E-state index contributed by atoms with van der Waals surface area (Å²) in [4.78, 5) is 35.7. The zero-order valence-corrected chi connectivity index (χ0v) is 25.0. The van der Waals surface area contributed by atoms with Gasteiger partial charge in [0, 0.05) is 25.2 Å². The van der Waals surface area contributed by atoms with Gasteiger partial charge in [0.25, 0.3) is 5.91 Å². The fourth-order valence-corrected chi connectivity index (χ4v) is 5.24. The predicted octanol–water partition coefficient (Wildman–Crippen LogP) is 6.25. The monoisotopic (exact) mass is 629 g/mol. The molecule has 1 atom stereocenters. The number of rotatable bonds is 5. The number of nitrogens with one attached hydrogen (secondary N) is 1. The Labute approximate surface area is 256 Å². The number of alkyl halides is 3. The highest BCUT2D eigenvalue weighted by atomic mass is 35.5. The normalized spacial score (nSPS) is 15.8. The molecule has 0 aliphatic carbocycles. The number of aromatic nitrogens is 4. The second-order valence-electron chi connectivity index (χ2n) is 11.5. The molecule has 44 heavy (non-hydrogen) atoms. The van der Waals surface area contributed by atoms with Gasteiger partial charge >= 0.3 is 12.3 Å². The van der Waals surface area contributed by atoms with Gasteiger partial charge in [0.05, 0.1) is 27.6 Å². The summed E-state index contributed by atoms with van der Waals surface area (Å²) in [6.45, 7) is 6.49. The molecule has 3 N–H and O–H groups in total. The third-order valence-corrected chi connectivity index (χ3v) is 7.46. The number of hydrogen-bond donors (Lipinski definition) is 2. The number of anilines is 1. The average Bonchev–Trinajstić information content (AvgIpc) is 3.36. The van der Waals surface area contributed by atoms with Crippen LogP contribution in [0.5, 0.6) is 0 Å². The minimum absolute atomic E-state index is 0.0503. The Kier molecular flexibility index (Phi) is 8.43.